The first-order valence-corrected chi connectivity index (χ1v) is 9.36. The van der Waals surface area contributed by atoms with E-state index in [1.807, 2.05) is 28.7 Å². The molecule has 1 saturated carbocycles. The summed E-state index contributed by atoms with van der Waals surface area (Å²) in [6, 6.07) is 11.4. The second-order valence-electron chi connectivity index (χ2n) is 6.72. The van der Waals surface area contributed by atoms with Crippen LogP contribution in [-0.4, -0.2) is 27.6 Å². The highest BCUT2D eigenvalue weighted by atomic mass is 35.5. The maximum Gasteiger partial charge on any atom is 0.161 e. The van der Waals surface area contributed by atoms with Gasteiger partial charge in [-0.1, -0.05) is 36.9 Å². The first-order valence-electron chi connectivity index (χ1n) is 8.98. The number of aromatic nitrogens is 2. The van der Waals surface area contributed by atoms with E-state index in [4.69, 9.17) is 21.3 Å². The lowest BCUT2D eigenvalue weighted by Gasteiger charge is -2.24. The van der Waals surface area contributed by atoms with Gasteiger partial charge in [0.25, 0.3) is 0 Å². The van der Waals surface area contributed by atoms with Gasteiger partial charge in [0.15, 0.2) is 11.5 Å². The topological polar surface area (TPSA) is 58.8 Å². The van der Waals surface area contributed by atoms with Crippen LogP contribution >= 0.6 is 11.6 Å². The molecule has 2 heterocycles. The van der Waals surface area contributed by atoms with Crippen molar-refractivity contribution < 1.29 is 9.84 Å². The molecule has 0 aliphatic heterocycles. The normalized spacial score (nSPS) is 15.3. The van der Waals surface area contributed by atoms with Gasteiger partial charge in [0.05, 0.1) is 7.11 Å². The Morgan fingerprint density at radius 3 is 2.77 bits per heavy atom. The fourth-order valence-corrected chi connectivity index (χ4v) is 3.90. The number of phenolic OH excluding ortho intramolecular Hbond substituents is 1. The summed E-state index contributed by atoms with van der Waals surface area (Å²) in [6.07, 6.45) is 6.08. The van der Waals surface area contributed by atoms with Crippen LogP contribution in [0.2, 0.25) is 5.15 Å². The molecule has 2 N–H and O–H groups in total. The minimum atomic E-state index is 0.111. The van der Waals surface area contributed by atoms with Gasteiger partial charge in [-0.3, -0.25) is 4.40 Å². The molecule has 26 heavy (non-hydrogen) atoms. The number of anilines is 1. The number of hydrogen-bond donors (Lipinski definition) is 2. The summed E-state index contributed by atoms with van der Waals surface area (Å²) in [4.78, 5) is 4.79. The molecular formula is C20H22ClN3O2. The van der Waals surface area contributed by atoms with Crippen LogP contribution in [-0.2, 0) is 0 Å². The second-order valence-corrected chi connectivity index (χ2v) is 7.10. The summed E-state index contributed by atoms with van der Waals surface area (Å²) in [5.41, 5.74) is 2.47. The SMILES string of the molecule is COc1cc(-c2nc3cccc(Cl)n3c2NC2CCCCC2)ccc1O. The summed E-state index contributed by atoms with van der Waals surface area (Å²) in [5, 5.41) is 14.2. The number of halogens is 1. The van der Waals surface area contributed by atoms with Crippen molar-refractivity contribution in [3.05, 3.63) is 41.6 Å². The minimum absolute atomic E-state index is 0.111. The Kier molecular flexibility index (Phi) is 4.64. The highest BCUT2D eigenvalue weighted by Crippen LogP contribution is 2.37. The number of phenols is 1. The van der Waals surface area contributed by atoms with Gasteiger partial charge in [-0.2, -0.15) is 0 Å². The zero-order valence-corrected chi connectivity index (χ0v) is 15.5. The predicted molar refractivity (Wildman–Crippen MR) is 104 cm³/mol. The number of pyridine rings is 1. The summed E-state index contributed by atoms with van der Waals surface area (Å²) in [5.74, 6) is 1.43. The van der Waals surface area contributed by atoms with E-state index < -0.39 is 0 Å². The van der Waals surface area contributed by atoms with E-state index in [0.29, 0.717) is 16.9 Å². The lowest BCUT2D eigenvalue weighted by Crippen LogP contribution is -2.23. The van der Waals surface area contributed by atoms with Crippen LogP contribution in [0.15, 0.2) is 36.4 Å². The van der Waals surface area contributed by atoms with Crippen molar-refractivity contribution >= 4 is 23.1 Å². The largest absolute Gasteiger partial charge is 0.504 e. The maximum absolute atomic E-state index is 9.91. The number of fused-ring (bicyclic) bond motifs is 1. The first kappa shape index (κ1) is 17.0. The molecule has 0 atom stereocenters. The molecule has 2 aromatic heterocycles. The number of methoxy groups -OCH3 is 1. The molecule has 1 aliphatic carbocycles. The van der Waals surface area contributed by atoms with Crippen molar-refractivity contribution in [3.8, 4) is 22.8 Å². The quantitative estimate of drug-likeness (QED) is 0.625. The number of nitrogens with one attached hydrogen (secondary N) is 1. The van der Waals surface area contributed by atoms with E-state index >= 15 is 0 Å². The highest BCUT2D eigenvalue weighted by Gasteiger charge is 2.21. The van der Waals surface area contributed by atoms with Gasteiger partial charge in [0.2, 0.25) is 0 Å². The fraction of sp³-hybridized carbons (Fsp3) is 0.350. The molecule has 0 spiro atoms. The Labute approximate surface area is 157 Å². The van der Waals surface area contributed by atoms with Crippen molar-refractivity contribution in [1.82, 2.24) is 9.38 Å². The molecule has 1 fully saturated rings. The number of nitrogens with zero attached hydrogens (tertiary/aromatic N) is 2. The van der Waals surface area contributed by atoms with Gasteiger partial charge < -0.3 is 15.2 Å². The zero-order valence-electron chi connectivity index (χ0n) is 14.7. The molecule has 5 nitrogen and oxygen atoms in total. The Morgan fingerprint density at radius 2 is 2.00 bits per heavy atom. The Hall–Kier alpha value is -2.40. The van der Waals surface area contributed by atoms with Gasteiger partial charge in [-0.25, -0.2) is 4.98 Å². The smallest absolute Gasteiger partial charge is 0.161 e. The Morgan fingerprint density at radius 1 is 1.19 bits per heavy atom. The monoisotopic (exact) mass is 371 g/mol. The molecule has 1 aromatic carbocycles. The maximum atomic E-state index is 9.91. The first-order chi connectivity index (χ1) is 12.7. The standard InChI is InChI=1S/C20H22ClN3O2/c1-26-16-12-13(10-11-15(16)25)19-20(22-14-6-3-2-4-7-14)24-17(21)8-5-9-18(24)23-19/h5,8-12,14,22,25H,2-4,6-7H2,1H3. The van der Waals surface area contributed by atoms with E-state index in [-0.39, 0.29) is 5.75 Å². The molecule has 1 aliphatic rings. The Bertz CT molecular complexity index is 932. The van der Waals surface area contributed by atoms with E-state index in [9.17, 15) is 5.11 Å². The molecule has 0 saturated heterocycles. The van der Waals surface area contributed by atoms with Crippen LogP contribution in [0.3, 0.4) is 0 Å². The van der Waals surface area contributed by atoms with Gasteiger partial charge >= 0.3 is 0 Å². The summed E-state index contributed by atoms with van der Waals surface area (Å²) in [6.45, 7) is 0. The van der Waals surface area contributed by atoms with Crippen LogP contribution in [0.25, 0.3) is 16.9 Å². The Balaban J connectivity index is 1.85. The van der Waals surface area contributed by atoms with Crippen LogP contribution < -0.4 is 10.1 Å². The van der Waals surface area contributed by atoms with Crippen molar-refractivity contribution in [1.29, 1.82) is 0 Å². The lowest BCUT2D eigenvalue weighted by atomic mass is 9.95. The molecule has 3 aromatic rings. The zero-order chi connectivity index (χ0) is 18.1. The van der Waals surface area contributed by atoms with E-state index in [0.717, 1.165) is 35.6 Å². The van der Waals surface area contributed by atoms with E-state index in [1.165, 1.54) is 19.3 Å². The molecular weight excluding hydrogens is 350 g/mol. The molecule has 0 bridgehead atoms. The predicted octanol–water partition coefficient (Wildman–Crippen LogP) is 5.11. The number of ether oxygens (including phenoxy) is 1. The third-order valence-electron chi connectivity index (χ3n) is 5.00. The highest BCUT2D eigenvalue weighted by molar-refractivity contribution is 6.30. The summed E-state index contributed by atoms with van der Waals surface area (Å²) >= 11 is 6.48. The van der Waals surface area contributed by atoms with Crippen molar-refractivity contribution in [2.24, 2.45) is 0 Å². The van der Waals surface area contributed by atoms with Gasteiger partial charge in [0.1, 0.15) is 22.3 Å². The summed E-state index contributed by atoms with van der Waals surface area (Å²) < 4.78 is 7.21. The third-order valence-corrected chi connectivity index (χ3v) is 5.29. The van der Waals surface area contributed by atoms with Crippen molar-refractivity contribution in [2.75, 3.05) is 12.4 Å². The van der Waals surface area contributed by atoms with E-state index in [1.54, 1.807) is 19.2 Å². The van der Waals surface area contributed by atoms with Gasteiger partial charge in [-0.15, -0.1) is 0 Å². The fourth-order valence-electron chi connectivity index (χ4n) is 3.65. The molecule has 4 rings (SSSR count). The number of aromatic hydroxyl groups is 1. The van der Waals surface area contributed by atoms with Gasteiger partial charge in [-0.05, 0) is 43.2 Å². The van der Waals surface area contributed by atoms with Crippen molar-refractivity contribution in [2.45, 2.75) is 38.1 Å². The third kappa shape index (κ3) is 3.07. The molecule has 136 valence electrons. The average molecular weight is 372 g/mol. The van der Waals surface area contributed by atoms with E-state index in [2.05, 4.69) is 5.32 Å². The van der Waals surface area contributed by atoms with Crippen LogP contribution in [0, 0.1) is 0 Å². The summed E-state index contributed by atoms with van der Waals surface area (Å²) in [7, 11) is 1.54. The lowest BCUT2D eigenvalue weighted by molar-refractivity contribution is 0.373. The molecule has 0 radical (unpaired) electrons. The number of imidazole rings is 1. The average Bonchev–Trinajstić information content (AvgIpc) is 3.03. The van der Waals surface area contributed by atoms with Crippen LogP contribution in [0.1, 0.15) is 32.1 Å². The van der Waals surface area contributed by atoms with Crippen LogP contribution in [0.5, 0.6) is 11.5 Å². The molecule has 0 unspecified atom stereocenters. The minimum Gasteiger partial charge on any atom is -0.504 e. The van der Waals surface area contributed by atoms with Gasteiger partial charge in [0, 0.05) is 11.6 Å². The van der Waals surface area contributed by atoms with Crippen molar-refractivity contribution in [3.63, 3.8) is 0 Å². The number of hydrogen-bond acceptors (Lipinski definition) is 4. The molecule has 6 heteroatoms. The molecule has 0 amide bonds. The number of rotatable bonds is 4. The second kappa shape index (κ2) is 7.08. The number of benzene rings is 1. The van der Waals surface area contributed by atoms with Crippen LogP contribution in [0.4, 0.5) is 5.82 Å².